The van der Waals surface area contributed by atoms with Gasteiger partial charge in [0.2, 0.25) is 5.91 Å². The van der Waals surface area contributed by atoms with E-state index in [2.05, 4.69) is 16.0 Å². The number of rotatable bonds is 6. The van der Waals surface area contributed by atoms with Crippen LogP contribution in [0.5, 0.6) is 0 Å². The van der Waals surface area contributed by atoms with Gasteiger partial charge in [-0.25, -0.2) is 0 Å². The van der Waals surface area contributed by atoms with Crippen LogP contribution in [0.15, 0.2) is 77.7 Å². The number of thiocarbonyl (C=S) groups is 1. The first-order chi connectivity index (χ1) is 14.4. The van der Waals surface area contributed by atoms with Crippen LogP contribution in [0.2, 0.25) is 10.0 Å². The number of thioether (sulfide) groups is 1. The summed E-state index contributed by atoms with van der Waals surface area (Å²) in [6, 6.07) is 22.6. The molecule has 0 aliphatic heterocycles. The summed E-state index contributed by atoms with van der Waals surface area (Å²) < 4.78 is 0. The van der Waals surface area contributed by atoms with Crippen LogP contribution in [0.1, 0.15) is 6.92 Å². The molecule has 154 valence electrons. The number of para-hydroxylation sites is 1. The Morgan fingerprint density at radius 1 is 0.867 bits per heavy atom. The second-order valence-electron chi connectivity index (χ2n) is 6.32. The molecule has 0 saturated carbocycles. The van der Waals surface area contributed by atoms with E-state index in [1.54, 1.807) is 18.2 Å². The average molecular weight is 476 g/mol. The molecule has 0 spiro atoms. The van der Waals surface area contributed by atoms with Gasteiger partial charge in [0, 0.05) is 16.3 Å². The van der Waals surface area contributed by atoms with Crippen molar-refractivity contribution in [2.24, 2.45) is 0 Å². The third kappa shape index (κ3) is 6.37. The standard InChI is InChI=1S/C22H19Cl2N3OS2/c1-14(21(28)27-19-9-5-8-18(23)20(19)24)30-17-12-10-16(11-13-17)26-22(29)25-15-6-3-2-4-7-15/h2-14H,1H3,(H,27,28)(H2,25,26,29). The van der Waals surface area contributed by atoms with Gasteiger partial charge in [0.05, 0.1) is 21.0 Å². The molecule has 0 saturated heterocycles. The normalized spacial score (nSPS) is 11.4. The van der Waals surface area contributed by atoms with E-state index >= 15 is 0 Å². The average Bonchev–Trinajstić information content (AvgIpc) is 2.73. The topological polar surface area (TPSA) is 53.2 Å². The van der Waals surface area contributed by atoms with Crippen LogP contribution >= 0.6 is 47.2 Å². The zero-order valence-electron chi connectivity index (χ0n) is 16.0. The van der Waals surface area contributed by atoms with Gasteiger partial charge >= 0.3 is 0 Å². The molecular formula is C22H19Cl2N3OS2. The van der Waals surface area contributed by atoms with E-state index in [0.29, 0.717) is 20.8 Å². The maximum atomic E-state index is 12.5. The van der Waals surface area contributed by atoms with E-state index in [4.69, 9.17) is 35.4 Å². The number of anilines is 3. The second-order valence-corrected chi connectivity index (χ2v) is 8.93. The monoisotopic (exact) mass is 475 g/mol. The number of hydrogen-bond donors (Lipinski definition) is 3. The highest BCUT2D eigenvalue weighted by atomic mass is 35.5. The van der Waals surface area contributed by atoms with Crippen molar-refractivity contribution in [2.75, 3.05) is 16.0 Å². The number of benzene rings is 3. The van der Waals surface area contributed by atoms with Gasteiger partial charge in [-0.05, 0) is 67.7 Å². The first kappa shape index (κ1) is 22.4. The summed E-state index contributed by atoms with van der Waals surface area (Å²) in [6.07, 6.45) is 0. The molecule has 1 unspecified atom stereocenters. The Kier molecular flexibility index (Phi) is 7.99. The molecule has 0 aliphatic carbocycles. The quantitative estimate of drug-likeness (QED) is 0.266. The van der Waals surface area contributed by atoms with Crippen molar-refractivity contribution < 1.29 is 4.79 Å². The highest BCUT2D eigenvalue weighted by Crippen LogP contribution is 2.31. The number of carbonyl (C=O) groups excluding carboxylic acids is 1. The van der Waals surface area contributed by atoms with Gasteiger partial charge < -0.3 is 16.0 Å². The molecule has 0 heterocycles. The molecule has 0 aromatic heterocycles. The van der Waals surface area contributed by atoms with Gasteiger partial charge in [0.1, 0.15) is 0 Å². The van der Waals surface area contributed by atoms with Crippen LogP contribution < -0.4 is 16.0 Å². The van der Waals surface area contributed by atoms with Gasteiger partial charge in [0.15, 0.2) is 5.11 Å². The van der Waals surface area contributed by atoms with Crippen molar-refractivity contribution >= 4 is 75.3 Å². The van der Waals surface area contributed by atoms with Crippen molar-refractivity contribution in [3.63, 3.8) is 0 Å². The first-order valence-corrected chi connectivity index (χ1v) is 11.1. The van der Waals surface area contributed by atoms with E-state index in [-0.39, 0.29) is 11.2 Å². The van der Waals surface area contributed by atoms with Crippen LogP contribution in [0.4, 0.5) is 17.1 Å². The minimum absolute atomic E-state index is 0.153. The largest absolute Gasteiger partial charge is 0.332 e. The maximum Gasteiger partial charge on any atom is 0.237 e. The molecule has 3 aromatic rings. The van der Waals surface area contributed by atoms with E-state index in [0.717, 1.165) is 16.3 Å². The molecular weight excluding hydrogens is 457 g/mol. The van der Waals surface area contributed by atoms with Gasteiger partial charge in [-0.3, -0.25) is 4.79 Å². The number of halogens is 2. The molecule has 0 aliphatic rings. The molecule has 1 atom stereocenters. The van der Waals surface area contributed by atoms with Crippen LogP contribution in [-0.2, 0) is 4.79 Å². The Labute approximate surface area is 195 Å². The van der Waals surface area contributed by atoms with Crippen molar-refractivity contribution in [3.8, 4) is 0 Å². The maximum absolute atomic E-state index is 12.5. The Hall–Kier alpha value is -2.25. The Bertz CT molecular complexity index is 1030. The molecule has 3 aromatic carbocycles. The fourth-order valence-corrected chi connectivity index (χ4v) is 3.98. The summed E-state index contributed by atoms with van der Waals surface area (Å²) >= 11 is 18.9. The van der Waals surface area contributed by atoms with E-state index in [1.165, 1.54) is 11.8 Å². The molecule has 30 heavy (non-hydrogen) atoms. The zero-order valence-corrected chi connectivity index (χ0v) is 19.1. The van der Waals surface area contributed by atoms with Crippen molar-refractivity contribution in [2.45, 2.75) is 17.1 Å². The number of nitrogens with one attached hydrogen (secondary N) is 3. The number of carbonyl (C=O) groups is 1. The summed E-state index contributed by atoms with van der Waals surface area (Å²) in [5, 5.41) is 10.0. The molecule has 0 radical (unpaired) electrons. The highest BCUT2D eigenvalue weighted by molar-refractivity contribution is 8.00. The number of amides is 1. The molecule has 1 amide bonds. The summed E-state index contributed by atoms with van der Waals surface area (Å²) in [4.78, 5) is 13.5. The Morgan fingerprint density at radius 2 is 1.50 bits per heavy atom. The van der Waals surface area contributed by atoms with Crippen molar-refractivity contribution in [1.29, 1.82) is 0 Å². The molecule has 0 fully saturated rings. The number of hydrogen-bond acceptors (Lipinski definition) is 3. The predicted molar refractivity (Wildman–Crippen MR) is 133 cm³/mol. The van der Waals surface area contributed by atoms with Gasteiger partial charge in [-0.1, -0.05) is 47.5 Å². The lowest BCUT2D eigenvalue weighted by atomic mass is 10.3. The van der Waals surface area contributed by atoms with Gasteiger partial charge in [-0.2, -0.15) is 0 Å². The van der Waals surface area contributed by atoms with Gasteiger partial charge in [0.25, 0.3) is 0 Å². The minimum Gasteiger partial charge on any atom is -0.332 e. The van der Waals surface area contributed by atoms with Crippen molar-refractivity contribution in [3.05, 3.63) is 82.8 Å². The van der Waals surface area contributed by atoms with Crippen LogP contribution in [0.3, 0.4) is 0 Å². The lowest BCUT2D eigenvalue weighted by molar-refractivity contribution is -0.115. The summed E-state index contributed by atoms with van der Waals surface area (Å²) in [6.45, 7) is 1.84. The Balaban J connectivity index is 1.53. The Morgan fingerprint density at radius 3 is 2.17 bits per heavy atom. The summed E-state index contributed by atoms with van der Waals surface area (Å²) in [5.74, 6) is -0.153. The van der Waals surface area contributed by atoms with Crippen LogP contribution in [0.25, 0.3) is 0 Å². The smallest absolute Gasteiger partial charge is 0.237 e. The van der Waals surface area contributed by atoms with E-state index in [9.17, 15) is 4.79 Å². The molecule has 4 nitrogen and oxygen atoms in total. The first-order valence-electron chi connectivity index (χ1n) is 9.07. The third-order valence-corrected chi connectivity index (χ3v) is 6.17. The van der Waals surface area contributed by atoms with Gasteiger partial charge in [-0.15, -0.1) is 11.8 Å². The molecule has 3 rings (SSSR count). The summed E-state index contributed by atoms with van der Waals surface area (Å²) in [7, 11) is 0. The van der Waals surface area contributed by atoms with Crippen LogP contribution in [-0.4, -0.2) is 16.3 Å². The SMILES string of the molecule is CC(Sc1ccc(NC(=S)Nc2ccccc2)cc1)C(=O)Nc1cccc(Cl)c1Cl. The fourth-order valence-electron chi connectivity index (χ4n) is 2.52. The molecule has 0 bridgehead atoms. The highest BCUT2D eigenvalue weighted by Gasteiger charge is 2.16. The lowest BCUT2D eigenvalue weighted by Gasteiger charge is -2.14. The predicted octanol–water partition coefficient (Wildman–Crippen LogP) is 6.92. The minimum atomic E-state index is -0.320. The van der Waals surface area contributed by atoms with E-state index < -0.39 is 0 Å². The van der Waals surface area contributed by atoms with Crippen LogP contribution in [0, 0.1) is 0 Å². The fraction of sp³-hybridized carbons (Fsp3) is 0.0909. The molecule has 8 heteroatoms. The second kappa shape index (κ2) is 10.7. The summed E-state index contributed by atoms with van der Waals surface area (Å²) in [5.41, 5.74) is 2.28. The third-order valence-electron chi connectivity index (χ3n) is 4.04. The zero-order chi connectivity index (χ0) is 21.5. The van der Waals surface area contributed by atoms with E-state index in [1.807, 2.05) is 61.5 Å². The molecule has 3 N–H and O–H groups in total. The van der Waals surface area contributed by atoms with Crippen molar-refractivity contribution in [1.82, 2.24) is 0 Å². The lowest BCUT2D eigenvalue weighted by Crippen LogP contribution is -2.22.